The van der Waals surface area contributed by atoms with Gasteiger partial charge in [-0.05, 0) is 41.4 Å². The molecule has 5 heteroatoms. The summed E-state index contributed by atoms with van der Waals surface area (Å²) < 4.78 is 5.67. The number of aromatic amines is 1. The zero-order valence-electron chi connectivity index (χ0n) is 10.0. The molecule has 0 bridgehead atoms. The fourth-order valence-electron chi connectivity index (χ4n) is 1.73. The van der Waals surface area contributed by atoms with Crippen molar-refractivity contribution in [3.8, 4) is 0 Å². The molecule has 0 spiro atoms. The number of ether oxygens (including phenoxy) is 1. The fraction of sp³-hybridized carbons (Fsp3) is 0.231. The summed E-state index contributed by atoms with van der Waals surface area (Å²) >= 11 is 3.42. The number of nitrogens with one attached hydrogen (secondary N) is 1. The lowest BCUT2D eigenvalue weighted by Crippen LogP contribution is -2.18. The maximum absolute atomic E-state index is 12.2. The van der Waals surface area contributed by atoms with Gasteiger partial charge in [0, 0.05) is 16.1 Å². The number of halogens is 1. The maximum Gasteiger partial charge on any atom is 0.343 e. The highest BCUT2D eigenvalue weighted by atomic mass is 79.9. The molecular weight excluding hydrogens is 298 g/mol. The molecule has 1 aromatic carbocycles. The number of fused-ring (bicyclic) bond motifs is 1. The number of H-pyrrole nitrogens is 1. The molecule has 2 aromatic rings. The smallest absolute Gasteiger partial charge is 0.343 e. The highest BCUT2D eigenvalue weighted by molar-refractivity contribution is 9.10. The van der Waals surface area contributed by atoms with Crippen LogP contribution in [0.15, 0.2) is 27.6 Å². The second-order valence-electron chi connectivity index (χ2n) is 3.87. The molecule has 0 unspecified atom stereocenters. The van der Waals surface area contributed by atoms with Gasteiger partial charge in [0.1, 0.15) is 5.56 Å². The molecular formula is C13H12BrNO3. The van der Waals surface area contributed by atoms with Crippen LogP contribution in [0.4, 0.5) is 0 Å². The molecule has 1 aromatic heterocycles. The van der Waals surface area contributed by atoms with Crippen molar-refractivity contribution in [2.24, 2.45) is 0 Å². The summed E-state index contributed by atoms with van der Waals surface area (Å²) in [5.41, 5.74) is 1.41. The summed E-state index contributed by atoms with van der Waals surface area (Å²) in [5.74, 6) is -0.600. The van der Waals surface area contributed by atoms with Crippen LogP contribution in [0.5, 0.6) is 0 Å². The number of benzene rings is 1. The van der Waals surface area contributed by atoms with E-state index in [2.05, 4.69) is 20.9 Å². The zero-order valence-corrected chi connectivity index (χ0v) is 11.6. The first kappa shape index (κ1) is 12.8. The Labute approximate surface area is 112 Å². The highest BCUT2D eigenvalue weighted by Gasteiger charge is 2.15. The van der Waals surface area contributed by atoms with Crippen molar-refractivity contribution in [3.05, 3.63) is 44.2 Å². The van der Waals surface area contributed by atoms with Crippen LogP contribution in [0.2, 0.25) is 0 Å². The molecule has 4 nitrogen and oxygen atoms in total. The number of aromatic nitrogens is 1. The molecule has 94 valence electrons. The monoisotopic (exact) mass is 309 g/mol. The molecule has 0 radical (unpaired) electrons. The molecule has 0 saturated heterocycles. The first-order valence-corrected chi connectivity index (χ1v) is 6.33. The summed E-state index contributed by atoms with van der Waals surface area (Å²) in [6, 6.07) is 3.54. The fourth-order valence-corrected chi connectivity index (χ4v) is 2.19. The molecule has 0 atom stereocenters. The molecule has 18 heavy (non-hydrogen) atoms. The number of hydrogen-bond donors (Lipinski definition) is 1. The van der Waals surface area contributed by atoms with Crippen LogP contribution in [0.3, 0.4) is 0 Å². The lowest BCUT2D eigenvalue weighted by atomic mass is 10.1. The minimum atomic E-state index is -0.600. The van der Waals surface area contributed by atoms with Crippen LogP contribution in [0, 0.1) is 6.92 Å². The van der Waals surface area contributed by atoms with Crippen molar-refractivity contribution < 1.29 is 9.53 Å². The number of carbonyl (C=O) groups excluding carboxylic acids is 1. The van der Waals surface area contributed by atoms with E-state index in [0.717, 1.165) is 10.0 Å². The van der Waals surface area contributed by atoms with E-state index in [-0.39, 0.29) is 17.6 Å². The lowest BCUT2D eigenvalue weighted by Gasteiger charge is -2.06. The Morgan fingerprint density at radius 3 is 2.83 bits per heavy atom. The van der Waals surface area contributed by atoms with Gasteiger partial charge in [-0.15, -0.1) is 0 Å². The van der Waals surface area contributed by atoms with Crippen molar-refractivity contribution in [2.45, 2.75) is 13.8 Å². The number of esters is 1. The molecule has 1 N–H and O–H groups in total. The van der Waals surface area contributed by atoms with Crippen molar-refractivity contribution in [1.82, 2.24) is 4.98 Å². The second-order valence-corrected chi connectivity index (χ2v) is 4.66. The summed E-state index contributed by atoms with van der Waals surface area (Å²) in [5, 5.41) is 0.470. The standard InChI is InChI=1S/C13H12BrNO3/c1-3-18-13(17)9-6-15-11-8(12(9)16)5-4-7(2)10(11)14/h4-6H,3H2,1-2H3,(H,15,16). The van der Waals surface area contributed by atoms with Gasteiger partial charge in [-0.25, -0.2) is 4.79 Å². The largest absolute Gasteiger partial charge is 0.462 e. The van der Waals surface area contributed by atoms with Gasteiger partial charge in [-0.3, -0.25) is 4.79 Å². The van der Waals surface area contributed by atoms with Crippen molar-refractivity contribution in [1.29, 1.82) is 0 Å². The molecule has 0 aliphatic heterocycles. The zero-order chi connectivity index (χ0) is 13.3. The van der Waals surface area contributed by atoms with E-state index in [0.29, 0.717) is 10.9 Å². The van der Waals surface area contributed by atoms with E-state index < -0.39 is 5.97 Å². The number of aryl methyl sites for hydroxylation is 1. The van der Waals surface area contributed by atoms with Crippen LogP contribution in [-0.4, -0.2) is 17.6 Å². The third kappa shape index (κ3) is 2.06. The lowest BCUT2D eigenvalue weighted by molar-refractivity contribution is 0.0524. The average molecular weight is 310 g/mol. The van der Waals surface area contributed by atoms with Gasteiger partial charge in [0.25, 0.3) is 0 Å². The Morgan fingerprint density at radius 2 is 2.17 bits per heavy atom. The van der Waals surface area contributed by atoms with E-state index in [1.807, 2.05) is 13.0 Å². The SMILES string of the molecule is CCOC(=O)c1c[nH]c2c(Br)c(C)ccc2c1=O. The predicted molar refractivity (Wildman–Crippen MR) is 73.0 cm³/mol. The normalized spacial score (nSPS) is 10.6. The quantitative estimate of drug-likeness (QED) is 0.868. The van der Waals surface area contributed by atoms with Gasteiger partial charge in [0.05, 0.1) is 12.1 Å². The Bertz CT molecular complexity index is 676. The molecule has 2 rings (SSSR count). The average Bonchev–Trinajstić information content (AvgIpc) is 2.34. The third-order valence-electron chi connectivity index (χ3n) is 2.68. The Balaban J connectivity index is 2.70. The summed E-state index contributed by atoms with van der Waals surface area (Å²) in [4.78, 5) is 26.7. The Hall–Kier alpha value is -1.62. The second kappa shape index (κ2) is 4.94. The molecule has 0 amide bonds. The van der Waals surface area contributed by atoms with Crippen LogP contribution in [0.25, 0.3) is 10.9 Å². The van der Waals surface area contributed by atoms with E-state index in [1.54, 1.807) is 13.0 Å². The third-order valence-corrected chi connectivity index (χ3v) is 3.70. The van der Waals surface area contributed by atoms with Gasteiger partial charge in [0.15, 0.2) is 0 Å². The van der Waals surface area contributed by atoms with Gasteiger partial charge < -0.3 is 9.72 Å². The Kier molecular flexibility index (Phi) is 3.52. The predicted octanol–water partition coefficient (Wildman–Crippen LogP) is 2.78. The van der Waals surface area contributed by atoms with E-state index in [9.17, 15) is 9.59 Å². The summed E-state index contributed by atoms with van der Waals surface area (Å²) in [6.45, 7) is 3.88. The van der Waals surface area contributed by atoms with Crippen molar-refractivity contribution in [3.63, 3.8) is 0 Å². The minimum Gasteiger partial charge on any atom is -0.462 e. The molecule has 0 fully saturated rings. The van der Waals surface area contributed by atoms with Gasteiger partial charge in [-0.2, -0.15) is 0 Å². The summed E-state index contributed by atoms with van der Waals surface area (Å²) in [7, 11) is 0. The van der Waals surface area contributed by atoms with E-state index in [4.69, 9.17) is 4.74 Å². The summed E-state index contributed by atoms with van der Waals surface area (Å²) in [6.07, 6.45) is 1.40. The number of rotatable bonds is 2. The van der Waals surface area contributed by atoms with Gasteiger partial charge in [0.2, 0.25) is 5.43 Å². The number of carbonyl (C=O) groups is 1. The molecule has 0 saturated carbocycles. The van der Waals surface area contributed by atoms with Crippen molar-refractivity contribution in [2.75, 3.05) is 6.61 Å². The highest BCUT2D eigenvalue weighted by Crippen LogP contribution is 2.23. The topological polar surface area (TPSA) is 59.2 Å². The molecule has 0 aliphatic rings. The molecule has 0 aliphatic carbocycles. The van der Waals surface area contributed by atoms with Gasteiger partial charge in [-0.1, -0.05) is 6.07 Å². The van der Waals surface area contributed by atoms with E-state index in [1.165, 1.54) is 6.20 Å². The first-order chi connectivity index (χ1) is 8.56. The van der Waals surface area contributed by atoms with Crippen LogP contribution in [0.1, 0.15) is 22.8 Å². The number of pyridine rings is 1. The van der Waals surface area contributed by atoms with E-state index >= 15 is 0 Å². The molecule has 1 heterocycles. The van der Waals surface area contributed by atoms with Gasteiger partial charge >= 0.3 is 5.97 Å². The van der Waals surface area contributed by atoms with Crippen LogP contribution in [-0.2, 0) is 4.74 Å². The maximum atomic E-state index is 12.2. The first-order valence-electron chi connectivity index (χ1n) is 5.54. The van der Waals surface area contributed by atoms with Crippen LogP contribution >= 0.6 is 15.9 Å². The van der Waals surface area contributed by atoms with Crippen LogP contribution < -0.4 is 5.43 Å². The van der Waals surface area contributed by atoms with Crippen molar-refractivity contribution >= 4 is 32.8 Å². The Morgan fingerprint density at radius 1 is 1.44 bits per heavy atom. The number of hydrogen-bond acceptors (Lipinski definition) is 3. The minimum absolute atomic E-state index is 0.0279.